The Kier molecular flexibility index (Phi) is 6.63. The van der Waals surface area contributed by atoms with Crippen molar-refractivity contribution in [3.05, 3.63) is 64.7 Å². The summed E-state index contributed by atoms with van der Waals surface area (Å²) in [5.41, 5.74) is 0.451. The molecular weight excluding hydrogens is 547 g/mol. The van der Waals surface area contributed by atoms with Crippen LogP contribution < -0.4 is 15.4 Å². The molecule has 1 aromatic heterocycles. The Morgan fingerprint density at radius 2 is 1.85 bits per heavy atom. The van der Waals surface area contributed by atoms with Gasteiger partial charge in [-0.1, -0.05) is 12.1 Å². The lowest BCUT2D eigenvalue weighted by molar-refractivity contribution is -0.136. The first-order chi connectivity index (χ1) is 19.7. The zero-order chi connectivity index (χ0) is 28.8. The predicted molar refractivity (Wildman–Crippen MR) is 132 cm³/mol. The quantitative estimate of drug-likeness (QED) is 0.391. The molecule has 4 amide bonds. The largest absolute Gasteiger partial charge is 0.432 e. The fourth-order valence-electron chi connectivity index (χ4n) is 5.29. The number of piperidine rings is 1. The summed E-state index contributed by atoms with van der Waals surface area (Å²) in [6.07, 6.45) is 2.54. The molecule has 1 aliphatic carbocycles. The van der Waals surface area contributed by atoms with E-state index in [1.807, 2.05) is 0 Å². The van der Waals surface area contributed by atoms with Crippen molar-refractivity contribution in [1.82, 2.24) is 30.4 Å². The highest BCUT2D eigenvalue weighted by atomic mass is 19.3. The lowest BCUT2D eigenvalue weighted by Gasteiger charge is -2.29. The predicted octanol–water partition coefficient (Wildman–Crippen LogP) is 2.74. The van der Waals surface area contributed by atoms with E-state index in [4.69, 9.17) is 0 Å². The molecule has 2 unspecified atom stereocenters. The van der Waals surface area contributed by atoms with Gasteiger partial charge in [-0.2, -0.15) is 8.78 Å². The van der Waals surface area contributed by atoms with Crippen molar-refractivity contribution in [3.8, 4) is 5.75 Å². The van der Waals surface area contributed by atoms with Gasteiger partial charge >= 0.3 is 6.61 Å². The number of imide groups is 2. The summed E-state index contributed by atoms with van der Waals surface area (Å²) in [5.74, 6) is -4.11. The number of benzene rings is 2. The number of halogens is 3. The normalized spacial score (nSPS) is 19.7. The van der Waals surface area contributed by atoms with Crippen LogP contribution in [0, 0.1) is 5.82 Å². The van der Waals surface area contributed by atoms with E-state index in [2.05, 4.69) is 30.9 Å². The lowest BCUT2D eigenvalue weighted by Crippen LogP contribution is -2.54. The SMILES string of the molecule is O=C1CCC(N2C(=O)c3cccc(C(Nc4ccc(OC(F)F)c(F)c4)c4nnnn4C4CCC4)c3C2=O)C(=O)N1. The number of alkyl halides is 2. The number of amides is 4. The summed E-state index contributed by atoms with van der Waals surface area (Å²) in [7, 11) is 0. The molecule has 15 heteroatoms. The highest BCUT2D eigenvalue weighted by Crippen LogP contribution is 2.39. The highest BCUT2D eigenvalue weighted by Gasteiger charge is 2.46. The van der Waals surface area contributed by atoms with Gasteiger partial charge in [-0.25, -0.2) is 9.07 Å². The molecule has 2 aromatic carbocycles. The lowest BCUT2D eigenvalue weighted by atomic mass is 9.92. The second kappa shape index (κ2) is 10.3. The molecule has 3 aliphatic rings. The van der Waals surface area contributed by atoms with Crippen molar-refractivity contribution >= 4 is 29.3 Å². The number of hydrogen-bond acceptors (Lipinski definition) is 9. The van der Waals surface area contributed by atoms with Crippen molar-refractivity contribution in [2.24, 2.45) is 0 Å². The first-order valence-electron chi connectivity index (χ1n) is 12.9. The Balaban J connectivity index is 1.42. The van der Waals surface area contributed by atoms with E-state index in [1.54, 1.807) is 16.8 Å². The Bertz CT molecular complexity index is 1570. The number of aromatic nitrogens is 4. The van der Waals surface area contributed by atoms with E-state index < -0.39 is 53.9 Å². The van der Waals surface area contributed by atoms with E-state index >= 15 is 0 Å². The number of rotatable bonds is 8. The molecule has 1 saturated carbocycles. The Morgan fingerprint density at radius 3 is 2.54 bits per heavy atom. The number of fused-ring (bicyclic) bond motifs is 1. The van der Waals surface area contributed by atoms with Crippen LogP contribution in [0.1, 0.15) is 76.3 Å². The van der Waals surface area contributed by atoms with Crippen LogP contribution in [0.25, 0.3) is 0 Å². The molecular formula is C26H22F3N7O5. The minimum Gasteiger partial charge on any atom is -0.432 e. The molecule has 3 heterocycles. The number of carbonyl (C=O) groups is 4. The van der Waals surface area contributed by atoms with Crippen LogP contribution in [0.3, 0.4) is 0 Å². The molecule has 2 fully saturated rings. The summed E-state index contributed by atoms with van der Waals surface area (Å²) in [6, 6.07) is 5.70. The molecule has 41 heavy (non-hydrogen) atoms. The van der Waals surface area contributed by atoms with Gasteiger partial charge in [-0.05, 0) is 59.9 Å². The van der Waals surface area contributed by atoms with Crippen LogP contribution in [0.15, 0.2) is 36.4 Å². The van der Waals surface area contributed by atoms with E-state index in [0.29, 0.717) is 0 Å². The van der Waals surface area contributed by atoms with Crippen molar-refractivity contribution in [2.45, 2.75) is 56.8 Å². The molecule has 0 spiro atoms. The first-order valence-corrected chi connectivity index (χ1v) is 12.9. The van der Waals surface area contributed by atoms with Crippen molar-refractivity contribution < 1.29 is 37.1 Å². The Morgan fingerprint density at radius 1 is 1.05 bits per heavy atom. The van der Waals surface area contributed by atoms with E-state index in [1.165, 1.54) is 12.1 Å². The number of nitrogens with zero attached hydrogens (tertiary/aromatic N) is 5. The van der Waals surface area contributed by atoms with Crippen molar-refractivity contribution in [2.75, 3.05) is 5.32 Å². The standard InChI is InChI=1S/C26H22F3N7O5/c27-16-11-12(7-9-18(16)41-26(28)29)30-21(22-32-33-34-36(22)13-3-1-4-13)14-5-2-6-15-20(14)25(40)35(24(15)39)17-8-10-19(37)31-23(17)38/h2,5-7,9,11,13,17,21,26,30H,1,3-4,8,10H2,(H,31,37,38). The van der Waals surface area contributed by atoms with Crippen LogP contribution in [0.2, 0.25) is 0 Å². The fraction of sp³-hybridized carbons (Fsp3) is 0.346. The molecule has 0 radical (unpaired) electrons. The molecule has 2 atom stereocenters. The van der Waals surface area contributed by atoms with Gasteiger partial charge in [0.15, 0.2) is 17.4 Å². The number of carbonyl (C=O) groups excluding carboxylic acids is 4. The third-order valence-electron chi connectivity index (χ3n) is 7.47. The number of nitrogens with one attached hydrogen (secondary N) is 2. The zero-order valence-corrected chi connectivity index (χ0v) is 21.2. The minimum absolute atomic E-state index is 0.000912. The maximum atomic E-state index is 14.6. The van der Waals surface area contributed by atoms with E-state index in [0.717, 1.165) is 36.3 Å². The molecule has 0 bridgehead atoms. The van der Waals surface area contributed by atoms with E-state index in [9.17, 15) is 32.3 Å². The van der Waals surface area contributed by atoms with Gasteiger partial charge in [0.2, 0.25) is 11.8 Å². The summed E-state index contributed by atoms with van der Waals surface area (Å²) in [5, 5.41) is 17.4. The average Bonchev–Trinajstić information content (AvgIpc) is 3.46. The molecule has 6 rings (SSSR count). The summed E-state index contributed by atoms with van der Waals surface area (Å²) < 4.78 is 45.7. The van der Waals surface area contributed by atoms with Crippen LogP contribution in [-0.2, 0) is 9.59 Å². The molecule has 3 aromatic rings. The van der Waals surface area contributed by atoms with Crippen molar-refractivity contribution in [3.63, 3.8) is 0 Å². The van der Waals surface area contributed by atoms with Gasteiger partial charge in [0, 0.05) is 18.2 Å². The second-order valence-electron chi connectivity index (χ2n) is 9.88. The number of hydrogen-bond donors (Lipinski definition) is 2. The van der Waals surface area contributed by atoms with Crippen LogP contribution in [0.4, 0.5) is 18.9 Å². The summed E-state index contributed by atoms with van der Waals surface area (Å²) >= 11 is 0. The van der Waals surface area contributed by atoms with Gasteiger partial charge in [0.05, 0.1) is 17.2 Å². The van der Waals surface area contributed by atoms with Crippen molar-refractivity contribution in [1.29, 1.82) is 0 Å². The second-order valence-corrected chi connectivity index (χ2v) is 9.88. The number of tetrazole rings is 1. The van der Waals surface area contributed by atoms with Gasteiger partial charge < -0.3 is 10.1 Å². The van der Waals surface area contributed by atoms with Gasteiger partial charge in [0.25, 0.3) is 11.8 Å². The van der Waals surface area contributed by atoms with Crippen LogP contribution in [0.5, 0.6) is 5.75 Å². The molecule has 212 valence electrons. The maximum absolute atomic E-state index is 14.6. The van der Waals surface area contributed by atoms with E-state index in [-0.39, 0.29) is 47.1 Å². The first kappa shape index (κ1) is 26.4. The smallest absolute Gasteiger partial charge is 0.387 e. The third kappa shape index (κ3) is 4.66. The van der Waals surface area contributed by atoms with Gasteiger partial charge in [-0.3, -0.25) is 29.4 Å². The summed E-state index contributed by atoms with van der Waals surface area (Å²) in [6.45, 7) is -3.22. The third-order valence-corrected chi connectivity index (χ3v) is 7.47. The average molecular weight is 570 g/mol. The van der Waals surface area contributed by atoms with Crippen LogP contribution >= 0.6 is 0 Å². The molecule has 2 N–H and O–H groups in total. The fourth-order valence-corrected chi connectivity index (χ4v) is 5.29. The maximum Gasteiger partial charge on any atom is 0.387 e. The minimum atomic E-state index is -3.22. The topological polar surface area (TPSA) is 148 Å². The Labute approximate surface area is 229 Å². The Hall–Kier alpha value is -4.82. The van der Waals surface area contributed by atoms with Gasteiger partial charge in [-0.15, -0.1) is 5.10 Å². The zero-order valence-electron chi connectivity index (χ0n) is 21.2. The highest BCUT2D eigenvalue weighted by molar-refractivity contribution is 6.24. The molecule has 12 nitrogen and oxygen atoms in total. The number of ether oxygens (including phenoxy) is 1. The number of anilines is 1. The summed E-state index contributed by atoms with van der Waals surface area (Å²) in [4.78, 5) is 52.2. The van der Waals surface area contributed by atoms with Gasteiger partial charge in [0.1, 0.15) is 12.1 Å². The van der Waals surface area contributed by atoms with Crippen LogP contribution in [-0.4, -0.2) is 61.4 Å². The monoisotopic (exact) mass is 569 g/mol. The molecule has 2 aliphatic heterocycles. The molecule has 1 saturated heterocycles.